The minimum atomic E-state index is -4.50. The van der Waals surface area contributed by atoms with E-state index in [9.17, 15) is 22.8 Å². The number of nitrogens with zero attached hydrogens (tertiary/aromatic N) is 4. The zero-order valence-electron chi connectivity index (χ0n) is 12.5. The molecular weight excluding hydrogens is 329 g/mol. The lowest BCUT2D eigenvalue weighted by atomic mass is 10.2. The molecule has 7 nitrogen and oxygen atoms in total. The average Bonchev–Trinajstić information content (AvgIpc) is 3.01. The molecule has 1 amide bonds. The molecule has 0 saturated heterocycles. The van der Waals surface area contributed by atoms with Gasteiger partial charge in [-0.3, -0.25) is 9.59 Å². The third-order valence-corrected chi connectivity index (χ3v) is 3.15. The van der Waals surface area contributed by atoms with E-state index in [1.54, 1.807) is 6.92 Å². The summed E-state index contributed by atoms with van der Waals surface area (Å²) in [7, 11) is 0. The molecule has 2 rings (SSSR count). The van der Waals surface area contributed by atoms with Crippen LogP contribution >= 0.6 is 0 Å². The summed E-state index contributed by atoms with van der Waals surface area (Å²) >= 11 is 0. The van der Waals surface area contributed by atoms with Crippen molar-refractivity contribution < 1.29 is 27.9 Å². The molecule has 0 aliphatic carbocycles. The van der Waals surface area contributed by atoms with Crippen LogP contribution in [0.4, 0.5) is 13.2 Å². The molecule has 0 fully saturated rings. The third-order valence-electron chi connectivity index (χ3n) is 3.15. The van der Waals surface area contributed by atoms with Crippen LogP contribution < -0.4 is 0 Å². The van der Waals surface area contributed by atoms with Gasteiger partial charge in [0.05, 0.1) is 17.4 Å². The first kappa shape index (κ1) is 17.4. The maximum absolute atomic E-state index is 12.7. The highest BCUT2D eigenvalue weighted by Gasteiger charge is 2.30. The molecule has 0 atom stereocenters. The Balaban J connectivity index is 2.28. The summed E-state index contributed by atoms with van der Waals surface area (Å²) in [6.45, 7) is 1.23. The molecule has 1 N–H and O–H groups in total. The first-order chi connectivity index (χ1) is 11.2. The van der Waals surface area contributed by atoms with E-state index in [0.717, 1.165) is 27.9 Å². The van der Waals surface area contributed by atoms with Crippen molar-refractivity contribution in [2.45, 2.75) is 13.1 Å². The highest BCUT2D eigenvalue weighted by atomic mass is 19.4. The first-order valence-electron chi connectivity index (χ1n) is 6.83. The maximum Gasteiger partial charge on any atom is 0.416 e. The smallest absolute Gasteiger partial charge is 0.416 e. The van der Waals surface area contributed by atoms with Crippen molar-refractivity contribution in [3.63, 3.8) is 0 Å². The molecule has 1 aromatic carbocycles. The van der Waals surface area contributed by atoms with E-state index < -0.39 is 30.2 Å². The Hall–Kier alpha value is -2.91. The van der Waals surface area contributed by atoms with Gasteiger partial charge in [-0.05, 0) is 25.1 Å². The average molecular weight is 342 g/mol. The fourth-order valence-corrected chi connectivity index (χ4v) is 1.97. The van der Waals surface area contributed by atoms with Gasteiger partial charge in [-0.15, -0.1) is 5.10 Å². The van der Waals surface area contributed by atoms with Crippen molar-refractivity contribution in [2.24, 2.45) is 0 Å². The summed E-state index contributed by atoms with van der Waals surface area (Å²) < 4.78 is 39.2. The number of aromatic nitrogens is 3. The Kier molecular flexibility index (Phi) is 4.86. The van der Waals surface area contributed by atoms with Crippen molar-refractivity contribution >= 4 is 11.9 Å². The van der Waals surface area contributed by atoms with Gasteiger partial charge in [0.25, 0.3) is 5.91 Å². The lowest BCUT2D eigenvalue weighted by Crippen LogP contribution is -2.35. The van der Waals surface area contributed by atoms with Crippen LogP contribution in [0.5, 0.6) is 0 Å². The molecular formula is C14H13F3N4O3. The second kappa shape index (κ2) is 6.69. The molecule has 1 aromatic heterocycles. The molecule has 0 aliphatic rings. The maximum atomic E-state index is 12.7. The van der Waals surface area contributed by atoms with Gasteiger partial charge in [-0.25, -0.2) is 4.68 Å². The number of amides is 1. The minimum absolute atomic E-state index is 0.0812. The lowest BCUT2D eigenvalue weighted by Gasteiger charge is -2.16. The van der Waals surface area contributed by atoms with Crippen molar-refractivity contribution in [2.75, 3.05) is 13.1 Å². The normalized spacial score (nSPS) is 11.3. The number of likely N-dealkylation sites (N-methyl/N-ethyl adjacent to an activating group) is 1. The topological polar surface area (TPSA) is 88.3 Å². The van der Waals surface area contributed by atoms with Crippen molar-refractivity contribution in [1.82, 2.24) is 19.9 Å². The largest absolute Gasteiger partial charge is 0.480 e. The number of carboxylic acids is 1. The van der Waals surface area contributed by atoms with Crippen LogP contribution in [0, 0.1) is 0 Å². The van der Waals surface area contributed by atoms with Crippen LogP contribution in [0.25, 0.3) is 5.69 Å². The van der Waals surface area contributed by atoms with Crippen LogP contribution in [-0.4, -0.2) is 50.0 Å². The lowest BCUT2D eigenvalue weighted by molar-refractivity contribution is -0.138. The van der Waals surface area contributed by atoms with Crippen molar-refractivity contribution in [3.8, 4) is 5.69 Å². The molecule has 0 spiro atoms. The highest BCUT2D eigenvalue weighted by Crippen LogP contribution is 2.30. The number of rotatable bonds is 5. The van der Waals surface area contributed by atoms with Gasteiger partial charge in [-0.2, -0.15) is 13.2 Å². The molecule has 0 saturated carbocycles. The molecule has 128 valence electrons. The molecule has 2 aromatic rings. The number of hydrogen-bond acceptors (Lipinski definition) is 4. The summed E-state index contributed by atoms with van der Waals surface area (Å²) in [5.41, 5.74) is -0.933. The van der Waals surface area contributed by atoms with Crippen molar-refractivity contribution in [1.29, 1.82) is 0 Å². The highest BCUT2D eigenvalue weighted by molar-refractivity contribution is 5.93. The Bertz CT molecular complexity index is 758. The molecule has 0 aliphatic heterocycles. The van der Waals surface area contributed by atoms with E-state index in [4.69, 9.17) is 5.11 Å². The van der Waals surface area contributed by atoms with E-state index in [2.05, 4.69) is 10.3 Å². The van der Waals surface area contributed by atoms with Gasteiger partial charge in [0.15, 0.2) is 5.69 Å². The second-order valence-corrected chi connectivity index (χ2v) is 4.81. The number of carboxylic acid groups (broad SMARTS) is 1. The zero-order valence-corrected chi connectivity index (χ0v) is 12.5. The second-order valence-electron chi connectivity index (χ2n) is 4.81. The van der Waals surface area contributed by atoms with E-state index >= 15 is 0 Å². The van der Waals surface area contributed by atoms with E-state index in [0.29, 0.717) is 0 Å². The molecule has 1 heterocycles. The predicted octanol–water partition coefficient (Wildman–Crippen LogP) is 1.83. The summed E-state index contributed by atoms with van der Waals surface area (Å²) in [5, 5.41) is 16.0. The Morgan fingerprint density at radius 2 is 2.04 bits per heavy atom. The summed E-state index contributed by atoms with van der Waals surface area (Å²) in [4.78, 5) is 23.9. The molecule has 0 radical (unpaired) electrons. The number of halogens is 3. The van der Waals surface area contributed by atoms with Crippen molar-refractivity contribution in [3.05, 3.63) is 41.7 Å². The van der Waals surface area contributed by atoms with E-state index in [1.165, 1.54) is 12.1 Å². The number of hydrogen-bond donors (Lipinski definition) is 1. The summed E-state index contributed by atoms with van der Waals surface area (Å²) in [6, 6.07) is 4.38. The molecule has 0 unspecified atom stereocenters. The number of carbonyl (C=O) groups is 2. The molecule has 10 heteroatoms. The fourth-order valence-electron chi connectivity index (χ4n) is 1.97. The quantitative estimate of drug-likeness (QED) is 0.896. The zero-order chi connectivity index (χ0) is 17.9. The Labute approximate surface area is 134 Å². The van der Waals surface area contributed by atoms with E-state index in [-0.39, 0.29) is 17.9 Å². The minimum Gasteiger partial charge on any atom is -0.480 e. The van der Waals surface area contributed by atoms with Gasteiger partial charge < -0.3 is 10.0 Å². The SMILES string of the molecule is CCN(CC(=O)O)C(=O)c1cn(-c2cccc(C(F)(F)F)c2)nn1. The van der Waals surface area contributed by atoms with Crippen LogP contribution in [-0.2, 0) is 11.0 Å². The van der Waals surface area contributed by atoms with Gasteiger partial charge in [0.2, 0.25) is 0 Å². The van der Waals surface area contributed by atoms with E-state index in [1.807, 2.05) is 0 Å². The number of benzene rings is 1. The number of alkyl halides is 3. The summed E-state index contributed by atoms with van der Waals surface area (Å²) in [5.74, 6) is -1.85. The van der Waals surface area contributed by atoms with Gasteiger partial charge in [0, 0.05) is 6.54 Å². The number of aliphatic carboxylic acids is 1. The van der Waals surface area contributed by atoms with Crippen LogP contribution in [0.3, 0.4) is 0 Å². The Morgan fingerprint density at radius 3 is 2.62 bits per heavy atom. The van der Waals surface area contributed by atoms with Crippen LogP contribution in [0.15, 0.2) is 30.5 Å². The van der Waals surface area contributed by atoms with Gasteiger partial charge in [0.1, 0.15) is 6.54 Å². The van der Waals surface area contributed by atoms with Crippen LogP contribution in [0.2, 0.25) is 0 Å². The monoisotopic (exact) mass is 342 g/mol. The molecule has 24 heavy (non-hydrogen) atoms. The third kappa shape index (κ3) is 3.89. The predicted molar refractivity (Wildman–Crippen MR) is 75.6 cm³/mol. The van der Waals surface area contributed by atoms with Gasteiger partial charge >= 0.3 is 12.1 Å². The van der Waals surface area contributed by atoms with Crippen LogP contribution in [0.1, 0.15) is 23.0 Å². The molecule has 0 bridgehead atoms. The van der Waals surface area contributed by atoms with Gasteiger partial charge in [-0.1, -0.05) is 11.3 Å². The first-order valence-corrected chi connectivity index (χ1v) is 6.83. The fraction of sp³-hybridized carbons (Fsp3) is 0.286. The Morgan fingerprint density at radius 1 is 1.33 bits per heavy atom. The standard InChI is InChI=1S/C14H13F3N4O3/c1-2-20(8-12(22)23)13(24)11-7-21(19-18-11)10-5-3-4-9(6-10)14(15,16)17/h3-7H,2,8H2,1H3,(H,22,23). The number of carbonyl (C=O) groups excluding carboxylic acids is 1. The summed E-state index contributed by atoms with van der Waals surface area (Å²) in [6.07, 6.45) is -3.35.